The van der Waals surface area contributed by atoms with Crippen LogP contribution in [0.15, 0.2) is 53.7 Å². The molecule has 1 aromatic heterocycles. The largest absolute Gasteiger partial charge is 0.370 e. The summed E-state index contributed by atoms with van der Waals surface area (Å²) in [6.45, 7) is 7.09. The van der Waals surface area contributed by atoms with Crippen LogP contribution >= 0.6 is 0 Å². The predicted octanol–water partition coefficient (Wildman–Crippen LogP) is 2.96. The summed E-state index contributed by atoms with van der Waals surface area (Å²) in [4.78, 5) is 11.4. The highest BCUT2D eigenvalue weighted by Gasteiger charge is 2.16. The minimum atomic E-state index is 0.493. The molecule has 1 aromatic carbocycles. The number of nitrogens with two attached hydrogens (primary N) is 1. The number of rotatable bonds is 7. The fourth-order valence-corrected chi connectivity index (χ4v) is 3.42. The van der Waals surface area contributed by atoms with Crippen molar-refractivity contribution in [3.05, 3.63) is 65.5 Å². The minimum Gasteiger partial charge on any atom is -0.370 e. The highest BCUT2D eigenvalue weighted by atomic mass is 15.1. The van der Waals surface area contributed by atoms with E-state index >= 15 is 0 Å². The molecule has 3 N–H and O–H groups in total. The first-order valence-electron chi connectivity index (χ1n) is 9.93. The first-order valence-corrected chi connectivity index (χ1v) is 9.93. The Kier molecular flexibility index (Phi) is 7.22. The monoisotopic (exact) mass is 365 g/mol. The second-order valence-corrected chi connectivity index (χ2v) is 7.43. The van der Waals surface area contributed by atoms with E-state index in [0.29, 0.717) is 12.5 Å². The zero-order chi connectivity index (χ0) is 18.9. The van der Waals surface area contributed by atoms with Gasteiger partial charge in [0.15, 0.2) is 5.96 Å². The maximum Gasteiger partial charge on any atom is 0.188 e. The number of pyridine rings is 1. The summed E-state index contributed by atoms with van der Waals surface area (Å²) in [6, 6.07) is 14.5. The average molecular weight is 366 g/mol. The van der Waals surface area contributed by atoms with Crippen LogP contribution in [0, 0.1) is 5.92 Å². The molecule has 1 saturated heterocycles. The molecule has 1 aliphatic heterocycles. The maximum atomic E-state index is 6.04. The zero-order valence-corrected chi connectivity index (χ0v) is 16.3. The first-order chi connectivity index (χ1) is 13.2. The molecule has 3 rings (SSSR count). The van der Waals surface area contributed by atoms with Gasteiger partial charge in [0.05, 0.1) is 6.54 Å². The second-order valence-electron chi connectivity index (χ2n) is 7.43. The minimum absolute atomic E-state index is 0.493. The molecule has 1 aliphatic rings. The van der Waals surface area contributed by atoms with Crippen LogP contribution in [0.5, 0.6) is 0 Å². The van der Waals surface area contributed by atoms with Crippen LogP contribution < -0.4 is 11.1 Å². The van der Waals surface area contributed by atoms with E-state index in [1.165, 1.54) is 37.1 Å². The lowest BCUT2D eigenvalue weighted by Crippen LogP contribution is -2.33. The van der Waals surface area contributed by atoms with E-state index in [-0.39, 0.29) is 0 Å². The normalized spacial score (nSPS) is 16.4. The summed E-state index contributed by atoms with van der Waals surface area (Å²) in [6.07, 6.45) is 5.24. The van der Waals surface area contributed by atoms with E-state index in [1.807, 2.05) is 24.4 Å². The van der Waals surface area contributed by atoms with E-state index in [4.69, 9.17) is 5.73 Å². The highest BCUT2D eigenvalue weighted by Crippen LogP contribution is 2.20. The topological polar surface area (TPSA) is 66.5 Å². The predicted molar refractivity (Wildman–Crippen MR) is 111 cm³/mol. The number of hydrogen-bond donors (Lipinski definition) is 2. The van der Waals surface area contributed by atoms with Crippen LogP contribution in [0.3, 0.4) is 0 Å². The van der Waals surface area contributed by atoms with E-state index in [0.717, 1.165) is 31.1 Å². The molecular weight excluding hydrogens is 334 g/mol. The maximum absolute atomic E-state index is 6.04. The molecule has 1 fully saturated rings. The summed E-state index contributed by atoms with van der Waals surface area (Å²) in [5.74, 6) is 1.35. The van der Waals surface area contributed by atoms with E-state index in [2.05, 4.69) is 51.4 Å². The lowest BCUT2D eigenvalue weighted by atomic mass is 9.98. The van der Waals surface area contributed by atoms with Crippen molar-refractivity contribution in [1.29, 1.82) is 0 Å². The number of nitrogens with one attached hydrogen (secondary N) is 1. The lowest BCUT2D eigenvalue weighted by molar-refractivity contribution is 0.185. The smallest absolute Gasteiger partial charge is 0.188 e. The number of aliphatic imine (C=N–C) groups is 1. The van der Waals surface area contributed by atoms with Crippen molar-refractivity contribution in [3.8, 4) is 0 Å². The SMILES string of the molecule is CC1CCN(Cc2ccccc2CN=C(N)NCCc2ccccn2)CC1. The summed E-state index contributed by atoms with van der Waals surface area (Å²) in [7, 11) is 0. The lowest BCUT2D eigenvalue weighted by Gasteiger charge is -2.30. The number of aromatic nitrogens is 1. The Bertz CT molecular complexity index is 720. The van der Waals surface area contributed by atoms with Gasteiger partial charge < -0.3 is 11.1 Å². The molecule has 5 nitrogen and oxygen atoms in total. The van der Waals surface area contributed by atoms with Crippen molar-refractivity contribution in [2.24, 2.45) is 16.6 Å². The van der Waals surface area contributed by atoms with E-state index < -0.39 is 0 Å². The fourth-order valence-electron chi connectivity index (χ4n) is 3.42. The molecule has 0 atom stereocenters. The van der Waals surface area contributed by atoms with Gasteiger partial charge in [0.25, 0.3) is 0 Å². The van der Waals surface area contributed by atoms with Gasteiger partial charge in [-0.1, -0.05) is 37.3 Å². The fraction of sp³-hybridized carbons (Fsp3) is 0.455. The molecule has 2 aromatic rings. The molecule has 0 amide bonds. The van der Waals surface area contributed by atoms with E-state index in [9.17, 15) is 0 Å². The molecule has 0 radical (unpaired) electrons. The average Bonchev–Trinajstić information content (AvgIpc) is 2.70. The number of piperidine rings is 1. The molecular formula is C22H31N5. The Labute approximate surface area is 162 Å². The van der Waals surface area contributed by atoms with Crippen LogP contribution in [-0.2, 0) is 19.5 Å². The summed E-state index contributed by atoms with van der Waals surface area (Å²) < 4.78 is 0. The van der Waals surface area contributed by atoms with Crippen LogP contribution in [0.4, 0.5) is 0 Å². The Morgan fingerprint density at radius 3 is 2.63 bits per heavy atom. The van der Waals surface area contributed by atoms with Crippen molar-refractivity contribution in [2.45, 2.75) is 39.3 Å². The van der Waals surface area contributed by atoms with Gasteiger partial charge in [0.2, 0.25) is 0 Å². The van der Waals surface area contributed by atoms with Gasteiger partial charge in [-0.05, 0) is 55.1 Å². The number of benzene rings is 1. The van der Waals surface area contributed by atoms with Gasteiger partial charge in [-0.25, -0.2) is 4.99 Å². The van der Waals surface area contributed by atoms with Crippen LogP contribution in [0.25, 0.3) is 0 Å². The van der Waals surface area contributed by atoms with Crippen molar-refractivity contribution in [1.82, 2.24) is 15.2 Å². The Hall–Kier alpha value is -2.40. The molecule has 0 bridgehead atoms. The van der Waals surface area contributed by atoms with Crippen molar-refractivity contribution in [2.75, 3.05) is 19.6 Å². The van der Waals surface area contributed by atoms with Gasteiger partial charge in [-0.15, -0.1) is 0 Å². The van der Waals surface area contributed by atoms with Gasteiger partial charge in [0, 0.05) is 31.4 Å². The van der Waals surface area contributed by atoms with Crippen molar-refractivity contribution < 1.29 is 0 Å². The molecule has 0 aliphatic carbocycles. The third-order valence-corrected chi connectivity index (χ3v) is 5.22. The van der Waals surface area contributed by atoms with Gasteiger partial charge in [-0.2, -0.15) is 0 Å². The Morgan fingerprint density at radius 1 is 1.15 bits per heavy atom. The Balaban J connectivity index is 1.50. The molecule has 0 unspecified atom stereocenters. The molecule has 0 saturated carbocycles. The number of guanidine groups is 1. The second kappa shape index (κ2) is 10.1. The van der Waals surface area contributed by atoms with Crippen molar-refractivity contribution >= 4 is 5.96 Å². The number of hydrogen-bond acceptors (Lipinski definition) is 3. The Morgan fingerprint density at radius 2 is 1.89 bits per heavy atom. The zero-order valence-electron chi connectivity index (χ0n) is 16.3. The standard InChI is InChI=1S/C22H31N5/c1-18-10-14-27(15-11-18)17-20-7-3-2-6-19(20)16-26-22(23)25-13-9-21-8-4-5-12-24-21/h2-8,12,18H,9-11,13-17H2,1H3,(H3,23,25,26). The third-order valence-electron chi connectivity index (χ3n) is 5.22. The van der Waals surface area contributed by atoms with Gasteiger partial charge in [-0.3, -0.25) is 9.88 Å². The van der Waals surface area contributed by atoms with Crippen LogP contribution in [0.1, 0.15) is 36.6 Å². The molecule has 0 spiro atoms. The summed E-state index contributed by atoms with van der Waals surface area (Å²) >= 11 is 0. The van der Waals surface area contributed by atoms with E-state index in [1.54, 1.807) is 0 Å². The quantitative estimate of drug-likeness (QED) is 0.585. The summed E-state index contributed by atoms with van der Waals surface area (Å²) in [5.41, 5.74) is 9.71. The first kappa shape index (κ1) is 19.4. The van der Waals surface area contributed by atoms with Crippen LogP contribution in [0.2, 0.25) is 0 Å². The number of likely N-dealkylation sites (tertiary alicyclic amines) is 1. The highest BCUT2D eigenvalue weighted by molar-refractivity contribution is 5.77. The van der Waals surface area contributed by atoms with Gasteiger partial charge >= 0.3 is 0 Å². The van der Waals surface area contributed by atoms with Crippen molar-refractivity contribution in [3.63, 3.8) is 0 Å². The third kappa shape index (κ3) is 6.36. The molecule has 2 heterocycles. The summed E-state index contributed by atoms with van der Waals surface area (Å²) in [5, 5.41) is 3.18. The van der Waals surface area contributed by atoms with Gasteiger partial charge in [0.1, 0.15) is 0 Å². The number of nitrogens with zero attached hydrogens (tertiary/aromatic N) is 3. The molecule has 5 heteroatoms. The molecule has 27 heavy (non-hydrogen) atoms. The molecule has 144 valence electrons. The van der Waals surface area contributed by atoms with Crippen LogP contribution in [-0.4, -0.2) is 35.5 Å².